The van der Waals surface area contributed by atoms with E-state index in [1.165, 1.54) is 19.0 Å². The van der Waals surface area contributed by atoms with Crippen LogP contribution in [-0.2, 0) is 10.2 Å². The molecular weight excluding hydrogens is 354 g/mol. The van der Waals surface area contributed by atoms with Crippen molar-refractivity contribution in [3.8, 4) is 0 Å². The molecule has 1 aliphatic heterocycles. The van der Waals surface area contributed by atoms with Gasteiger partial charge in [-0.3, -0.25) is 4.79 Å². The molecule has 1 N–H and O–H groups in total. The molecule has 0 radical (unpaired) electrons. The summed E-state index contributed by atoms with van der Waals surface area (Å²) in [6.07, 6.45) is 0.776. The highest BCUT2D eigenvalue weighted by molar-refractivity contribution is 7.87. The average Bonchev–Trinajstić information content (AvgIpc) is 2.89. The van der Waals surface area contributed by atoms with Crippen molar-refractivity contribution in [3.05, 3.63) is 29.6 Å². The molecule has 0 aliphatic carbocycles. The van der Waals surface area contributed by atoms with E-state index >= 15 is 0 Å². The Balaban J connectivity index is 2.22. The minimum Gasteiger partial charge on any atom is -0.335 e. The number of hydrogen-bond donors (Lipinski definition) is 1. The molecule has 2 rings (SSSR count). The lowest BCUT2D eigenvalue weighted by atomic mass is 9.92. The number of pyridine rings is 1. The molecule has 140 valence electrons. The topological polar surface area (TPSA) is 82.6 Å². The molecule has 1 aliphatic rings. The molecule has 2 heterocycles. The van der Waals surface area contributed by atoms with Gasteiger partial charge >= 0.3 is 0 Å². The summed E-state index contributed by atoms with van der Waals surface area (Å²) in [5.41, 5.74) is -0.472. The number of amides is 1. The van der Waals surface area contributed by atoms with Gasteiger partial charge in [-0.25, -0.2) is 13.8 Å². The van der Waals surface area contributed by atoms with Crippen LogP contribution in [-0.4, -0.2) is 61.7 Å². The average molecular weight is 376 g/mol. The molecule has 1 fully saturated rings. The number of nitrogens with zero attached hydrogens (tertiary/aromatic N) is 3. The van der Waals surface area contributed by atoms with E-state index in [-0.39, 0.29) is 24.9 Å². The van der Waals surface area contributed by atoms with E-state index in [1.807, 2.05) is 13.8 Å². The van der Waals surface area contributed by atoms with E-state index in [2.05, 4.69) is 9.71 Å². The monoisotopic (exact) mass is 376 g/mol. The Morgan fingerprint density at radius 2 is 2.00 bits per heavy atom. The second kappa shape index (κ2) is 7.30. The molecule has 25 heavy (non-hydrogen) atoms. The van der Waals surface area contributed by atoms with Crippen molar-refractivity contribution < 1.29 is 22.0 Å². The molecule has 7 nitrogen and oxygen atoms in total. The first-order chi connectivity index (χ1) is 11.5. The van der Waals surface area contributed by atoms with Crippen LogP contribution in [0.15, 0.2) is 12.3 Å². The van der Waals surface area contributed by atoms with Gasteiger partial charge in [0.2, 0.25) is 0 Å². The second-order valence-electron chi connectivity index (χ2n) is 6.61. The predicted octanol–water partition coefficient (Wildman–Crippen LogP) is 0.852. The first kappa shape index (κ1) is 19.7. The maximum atomic E-state index is 13.8. The highest BCUT2D eigenvalue weighted by Crippen LogP contribution is 2.26. The summed E-state index contributed by atoms with van der Waals surface area (Å²) in [5.74, 6) is -2.63. The lowest BCUT2D eigenvalue weighted by Crippen LogP contribution is -2.46. The Morgan fingerprint density at radius 3 is 2.52 bits per heavy atom. The Hall–Kier alpha value is -1.65. The van der Waals surface area contributed by atoms with Crippen LogP contribution >= 0.6 is 0 Å². The van der Waals surface area contributed by atoms with Gasteiger partial charge in [-0.1, -0.05) is 13.8 Å². The van der Waals surface area contributed by atoms with Crippen molar-refractivity contribution in [2.75, 3.05) is 27.2 Å². The van der Waals surface area contributed by atoms with Gasteiger partial charge in [0.1, 0.15) is 5.82 Å². The van der Waals surface area contributed by atoms with Crippen LogP contribution in [0, 0.1) is 23.5 Å². The Kier molecular flexibility index (Phi) is 5.75. The number of nitrogens with one attached hydrogen (secondary N) is 1. The van der Waals surface area contributed by atoms with Crippen molar-refractivity contribution in [2.24, 2.45) is 11.8 Å². The lowest BCUT2D eigenvalue weighted by Gasteiger charge is -2.24. The summed E-state index contributed by atoms with van der Waals surface area (Å²) in [6, 6.07) is 0.0995. The minimum absolute atomic E-state index is 0.0905. The van der Waals surface area contributed by atoms with Gasteiger partial charge in [0.05, 0.1) is 6.20 Å². The number of carbonyl (C=O) groups excluding carboxylic acids is 1. The molecule has 10 heteroatoms. The van der Waals surface area contributed by atoms with Gasteiger partial charge in [0.25, 0.3) is 16.1 Å². The quantitative estimate of drug-likeness (QED) is 0.826. The third-order valence-corrected chi connectivity index (χ3v) is 5.86. The van der Waals surface area contributed by atoms with Gasteiger partial charge < -0.3 is 4.90 Å². The molecule has 0 spiro atoms. The predicted molar refractivity (Wildman–Crippen MR) is 87.9 cm³/mol. The number of aromatic nitrogens is 1. The van der Waals surface area contributed by atoms with E-state index in [9.17, 15) is 22.0 Å². The number of carbonyl (C=O) groups is 1. The van der Waals surface area contributed by atoms with E-state index in [1.54, 1.807) is 0 Å². The van der Waals surface area contributed by atoms with Gasteiger partial charge in [0.15, 0.2) is 11.5 Å². The fourth-order valence-corrected chi connectivity index (χ4v) is 3.66. The van der Waals surface area contributed by atoms with Gasteiger partial charge in [-0.05, 0) is 11.8 Å². The van der Waals surface area contributed by atoms with Crippen molar-refractivity contribution in [3.63, 3.8) is 0 Å². The molecule has 0 saturated carbocycles. The first-order valence-corrected chi connectivity index (χ1v) is 9.27. The number of halogens is 2. The summed E-state index contributed by atoms with van der Waals surface area (Å²) < 4.78 is 54.6. The third-order valence-electron chi connectivity index (χ3n) is 4.30. The van der Waals surface area contributed by atoms with Crippen LogP contribution < -0.4 is 4.72 Å². The maximum Gasteiger partial charge on any atom is 0.279 e. The number of hydrogen-bond acceptors (Lipinski definition) is 4. The van der Waals surface area contributed by atoms with E-state index < -0.39 is 39.5 Å². The van der Waals surface area contributed by atoms with Crippen molar-refractivity contribution in [1.29, 1.82) is 0 Å². The summed E-state index contributed by atoms with van der Waals surface area (Å²) in [7, 11) is -0.859. The van der Waals surface area contributed by atoms with E-state index in [0.29, 0.717) is 6.07 Å². The Bertz CT molecular complexity index is 755. The molecule has 1 aromatic rings. The Morgan fingerprint density at radius 1 is 1.36 bits per heavy atom. The van der Waals surface area contributed by atoms with Crippen LogP contribution in [0.2, 0.25) is 0 Å². The highest BCUT2D eigenvalue weighted by Gasteiger charge is 2.40. The molecule has 0 unspecified atom stereocenters. The van der Waals surface area contributed by atoms with Crippen LogP contribution in [0.25, 0.3) is 0 Å². The normalized spacial score (nSPS) is 21.4. The van der Waals surface area contributed by atoms with Crippen molar-refractivity contribution in [1.82, 2.24) is 18.9 Å². The lowest BCUT2D eigenvalue weighted by molar-refractivity contribution is 0.0771. The second-order valence-corrected chi connectivity index (χ2v) is 8.53. The SMILES string of the molecule is CC(C)[C@@H]1CN(C(=O)c2ncc(F)cc2F)C[C@H]1NS(=O)(=O)N(C)C. The van der Waals surface area contributed by atoms with Gasteiger partial charge in [-0.2, -0.15) is 17.4 Å². The van der Waals surface area contributed by atoms with E-state index in [4.69, 9.17) is 0 Å². The van der Waals surface area contributed by atoms with Crippen LogP contribution in [0.3, 0.4) is 0 Å². The van der Waals surface area contributed by atoms with Crippen LogP contribution in [0.4, 0.5) is 8.78 Å². The molecule has 0 bridgehead atoms. The van der Waals surface area contributed by atoms with Crippen LogP contribution in [0.5, 0.6) is 0 Å². The zero-order valence-electron chi connectivity index (χ0n) is 14.5. The third kappa shape index (κ3) is 4.31. The highest BCUT2D eigenvalue weighted by atomic mass is 32.2. The number of rotatable bonds is 5. The zero-order chi connectivity index (χ0) is 18.9. The Labute approximate surface area is 146 Å². The zero-order valence-corrected chi connectivity index (χ0v) is 15.3. The fourth-order valence-electron chi connectivity index (χ4n) is 2.81. The van der Waals surface area contributed by atoms with E-state index in [0.717, 1.165) is 10.5 Å². The van der Waals surface area contributed by atoms with Crippen molar-refractivity contribution in [2.45, 2.75) is 19.9 Å². The first-order valence-electron chi connectivity index (χ1n) is 7.83. The number of likely N-dealkylation sites (tertiary alicyclic amines) is 1. The fraction of sp³-hybridized carbons (Fsp3) is 0.600. The largest absolute Gasteiger partial charge is 0.335 e. The molecule has 1 saturated heterocycles. The molecule has 0 aromatic carbocycles. The smallest absolute Gasteiger partial charge is 0.279 e. The summed E-state index contributed by atoms with van der Waals surface area (Å²) in [4.78, 5) is 17.4. The standard InChI is InChI=1S/C15H22F2N4O3S/c1-9(2)11-7-21(8-13(11)19-25(23,24)20(3)4)15(22)14-12(17)5-10(16)6-18-14/h5-6,9,11,13,19H,7-8H2,1-4H3/t11-,13+/m0/s1. The summed E-state index contributed by atoms with van der Waals surface area (Å²) in [5, 5.41) is 0. The summed E-state index contributed by atoms with van der Waals surface area (Å²) >= 11 is 0. The summed E-state index contributed by atoms with van der Waals surface area (Å²) in [6.45, 7) is 4.20. The molecule has 2 atom stereocenters. The molecular formula is C15H22F2N4O3S. The molecule has 1 aromatic heterocycles. The van der Waals surface area contributed by atoms with Gasteiger partial charge in [0, 0.05) is 39.3 Å². The maximum absolute atomic E-state index is 13.8. The minimum atomic E-state index is -3.67. The van der Waals surface area contributed by atoms with Gasteiger partial charge in [-0.15, -0.1) is 0 Å². The van der Waals surface area contributed by atoms with Crippen LogP contribution in [0.1, 0.15) is 24.3 Å². The van der Waals surface area contributed by atoms with Crippen molar-refractivity contribution >= 4 is 16.1 Å². The molecule has 1 amide bonds.